The zero-order valence-corrected chi connectivity index (χ0v) is 17.3. The van der Waals surface area contributed by atoms with Crippen LogP contribution >= 0.6 is 0 Å². The van der Waals surface area contributed by atoms with Gasteiger partial charge in [-0.25, -0.2) is 0 Å². The van der Waals surface area contributed by atoms with Crippen molar-refractivity contribution in [1.82, 2.24) is 15.3 Å². The van der Waals surface area contributed by atoms with E-state index in [0.29, 0.717) is 0 Å². The quantitative estimate of drug-likeness (QED) is 0.689. The minimum atomic E-state index is 0.0577. The SMILES string of the molecule is C=C1NN=C2c3c(cccc31)NC(c1ccncc1)C2c1ccc(CN(C)C)cc1. The van der Waals surface area contributed by atoms with Gasteiger partial charge < -0.3 is 10.2 Å². The Labute approximate surface area is 177 Å². The fraction of sp³-hybridized carbons (Fsp3) is 0.200. The van der Waals surface area contributed by atoms with E-state index in [1.54, 1.807) is 0 Å². The van der Waals surface area contributed by atoms with E-state index in [1.165, 1.54) is 16.7 Å². The lowest BCUT2D eigenvalue weighted by Gasteiger charge is -2.39. The van der Waals surface area contributed by atoms with E-state index in [9.17, 15) is 0 Å². The van der Waals surface area contributed by atoms with Crippen LogP contribution in [0.25, 0.3) is 5.70 Å². The van der Waals surface area contributed by atoms with Gasteiger partial charge in [0.25, 0.3) is 0 Å². The van der Waals surface area contributed by atoms with Crippen molar-refractivity contribution in [1.29, 1.82) is 0 Å². The molecule has 2 aromatic carbocycles. The highest BCUT2D eigenvalue weighted by molar-refractivity contribution is 6.15. The zero-order chi connectivity index (χ0) is 20.7. The third-order valence-electron chi connectivity index (χ3n) is 5.80. The fourth-order valence-corrected chi connectivity index (χ4v) is 4.47. The minimum Gasteiger partial charge on any atom is -0.377 e. The lowest BCUT2D eigenvalue weighted by molar-refractivity contribution is 0.402. The van der Waals surface area contributed by atoms with Crippen LogP contribution in [0.3, 0.4) is 0 Å². The Balaban J connectivity index is 1.65. The van der Waals surface area contributed by atoms with Crippen LogP contribution in [0.2, 0.25) is 0 Å². The van der Waals surface area contributed by atoms with E-state index in [1.807, 2.05) is 12.4 Å². The third-order valence-corrected chi connectivity index (χ3v) is 5.80. The number of anilines is 1. The second-order valence-corrected chi connectivity index (χ2v) is 8.18. The molecule has 0 amide bonds. The van der Waals surface area contributed by atoms with E-state index >= 15 is 0 Å². The first-order valence-corrected chi connectivity index (χ1v) is 10.2. The highest BCUT2D eigenvalue weighted by Crippen LogP contribution is 2.45. The number of hydrazone groups is 1. The molecule has 150 valence electrons. The van der Waals surface area contributed by atoms with Gasteiger partial charge in [0.15, 0.2) is 0 Å². The van der Waals surface area contributed by atoms with Crippen LogP contribution < -0.4 is 10.7 Å². The number of hydrogen-bond acceptors (Lipinski definition) is 5. The van der Waals surface area contributed by atoms with Gasteiger partial charge in [0.05, 0.1) is 23.4 Å². The van der Waals surface area contributed by atoms with E-state index in [4.69, 9.17) is 5.10 Å². The molecule has 3 aromatic rings. The Hall–Kier alpha value is -3.44. The molecule has 0 saturated carbocycles. The van der Waals surface area contributed by atoms with Crippen molar-refractivity contribution in [2.24, 2.45) is 5.10 Å². The third kappa shape index (κ3) is 3.17. The normalized spacial score (nSPS) is 19.6. The summed E-state index contributed by atoms with van der Waals surface area (Å²) in [7, 11) is 4.18. The lowest BCUT2D eigenvalue weighted by Crippen LogP contribution is -2.36. The fourth-order valence-electron chi connectivity index (χ4n) is 4.47. The summed E-state index contributed by atoms with van der Waals surface area (Å²) in [6, 6.07) is 19.4. The maximum Gasteiger partial charge on any atom is 0.0805 e. The Morgan fingerprint density at radius 3 is 2.47 bits per heavy atom. The standard InChI is InChI=1S/C25H25N5/c1-16-20-5-4-6-21-23(20)25(29-28-16)22(24(27-21)19-11-13-26-14-12-19)18-9-7-17(8-10-18)15-30(2)3/h4-14,22,24,27-28H,1,15H2,2-3H3. The summed E-state index contributed by atoms with van der Waals surface area (Å²) in [5.41, 5.74) is 12.1. The van der Waals surface area contributed by atoms with Crippen molar-refractivity contribution < 1.29 is 0 Å². The molecule has 5 heteroatoms. The van der Waals surface area contributed by atoms with Gasteiger partial charge in [0.2, 0.25) is 0 Å². The monoisotopic (exact) mass is 395 g/mol. The Kier molecular flexibility index (Phi) is 4.60. The molecule has 30 heavy (non-hydrogen) atoms. The van der Waals surface area contributed by atoms with E-state index in [0.717, 1.165) is 34.8 Å². The molecule has 2 unspecified atom stereocenters. The molecule has 2 aliphatic heterocycles. The van der Waals surface area contributed by atoms with E-state index in [2.05, 4.69) is 95.9 Å². The van der Waals surface area contributed by atoms with Gasteiger partial charge in [-0.3, -0.25) is 10.4 Å². The van der Waals surface area contributed by atoms with Crippen molar-refractivity contribution >= 4 is 17.1 Å². The Morgan fingerprint density at radius 2 is 1.73 bits per heavy atom. The number of aromatic nitrogens is 1. The van der Waals surface area contributed by atoms with Crippen LogP contribution in [0.15, 0.2) is 78.7 Å². The predicted molar refractivity (Wildman–Crippen MR) is 122 cm³/mol. The van der Waals surface area contributed by atoms with Crippen molar-refractivity contribution in [3.05, 3.63) is 101 Å². The molecular weight excluding hydrogens is 370 g/mol. The summed E-state index contributed by atoms with van der Waals surface area (Å²) in [4.78, 5) is 6.39. The smallest absolute Gasteiger partial charge is 0.0805 e. The number of rotatable bonds is 4. The summed E-state index contributed by atoms with van der Waals surface area (Å²) in [6.07, 6.45) is 3.70. The maximum atomic E-state index is 4.79. The average molecular weight is 396 g/mol. The summed E-state index contributed by atoms with van der Waals surface area (Å²) in [5, 5.41) is 8.57. The van der Waals surface area contributed by atoms with Crippen LogP contribution in [0.4, 0.5) is 5.69 Å². The molecule has 3 heterocycles. The van der Waals surface area contributed by atoms with Crippen molar-refractivity contribution in [2.75, 3.05) is 19.4 Å². The summed E-state index contributed by atoms with van der Waals surface area (Å²) in [6.45, 7) is 5.07. The van der Waals surface area contributed by atoms with Gasteiger partial charge in [-0.2, -0.15) is 5.10 Å². The highest BCUT2D eigenvalue weighted by Gasteiger charge is 2.38. The number of nitrogens with one attached hydrogen (secondary N) is 2. The maximum absolute atomic E-state index is 4.79. The number of hydrogen-bond donors (Lipinski definition) is 2. The summed E-state index contributed by atoms with van der Waals surface area (Å²) >= 11 is 0. The van der Waals surface area contributed by atoms with Crippen LogP contribution in [-0.2, 0) is 6.54 Å². The second kappa shape index (κ2) is 7.43. The first-order valence-electron chi connectivity index (χ1n) is 10.2. The van der Waals surface area contributed by atoms with E-state index in [-0.39, 0.29) is 12.0 Å². The average Bonchev–Trinajstić information content (AvgIpc) is 2.77. The number of pyridine rings is 1. The molecule has 2 atom stereocenters. The van der Waals surface area contributed by atoms with Crippen molar-refractivity contribution in [3.8, 4) is 0 Å². The number of benzene rings is 2. The minimum absolute atomic E-state index is 0.0577. The molecule has 2 aliphatic rings. The van der Waals surface area contributed by atoms with E-state index < -0.39 is 0 Å². The molecule has 5 rings (SSSR count). The van der Waals surface area contributed by atoms with Crippen LogP contribution in [0.5, 0.6) is 0 Å². The molecule has 0 spiro atoms. The molecule has 0 bridgehead atoms. The molecule has 1 aromatic heterocycles. The molecular formula is C25H25N5. The lowest BCUT2D eigenvalue weighted by atomic mass is 9.76. The van der Waals surface area contributed by atoms with Gasteiger partial charge in [0, 0.05) is 35.8 Å². The Morgan fingerprint density at radius 1 is 0.967 bits per heavy atom. The van der Waals surface area contributed by atoms with Crippen LogP contribution in [0, 0.1) is 0 Å². The summed E-state index contributed by atoms with van der Waals surface area (Å²) in [5.74, 6) is 0.0649. The highest BCUT2D eigenvalue weighted by atomic mass is 15.3. The summed E-state index contributed by atoms with van der Waals surface area (Å²) < 4.78 is 0. The second-order valence-electron chi connectivity index (χ2n) is 8.18. The van der Waals surface area contributed by atoms with Crippen molar-refractivity contribution in [3.63, 3.8) is 0 Å². The van der Waals surface area contributed by atoms with Crippen LogP contribution in [0.1, 0.15) is 39.8 Å². The molecule has 0 radical (unpaired) electrons. The molecule has 0 fully saturated rings. The van der Waals surface area contributed by atoms with Gasteiger partial charge >= 0.3 is 0 Å². The van der Waals surface area contributed by atoms with Gasteiger partial charge in [-0.15, -0.1) is 0 Å². The molecule has 0 saturated heterocycles. The first kappa shape index (κ1) is 18.6. The van der Waals surface area contributed by atoms with Crippen molar-refractivity contribution in [2.45, 2.75) is 18.5 Å². The largest absolute Gasteiger partial charge is 0.377 e. The predicted octanol–water partition coefficient (Wildman–Crippen LogP) is 4.37. The van der Waals surface area contributed by atoms with Gasteiger partial charge in [-0.1, -0.05) is 43.0 Å². The number of nitrogens with zero attached hydrogens (tertiary/aromatic N) is 3. The van der Waals surface area contributed by atoms with Gasteiger partial charge in [-0.05, 0) is 49.0 Å². The van der Waals surface area contributed by atoms with Gasteiger partial charge in [0.1, 0.15) is 0 Å². The van der Waals surface area contributed by atoms with Crippen LogP contribution in [-0.4, -0.2) is 29.7 Å². The molecule has 5 nitrogen and oxygen atoms in total. The molecule has 0 aliphatic carbocycles. The molecule has 2 N–H and O–H groups in total. The Bertz CT molecular complexity index is 1120. The topological polar surface area (TPSA) is 52.6 Å². The zero-order valence-electron chi connectivity index (χ0n) is 17.3. The first-order chi connectivity index (χ1) is 14.6.